The Labute approximate surface area is 101 Å². The Morgan fingerprint density at radius 2 is 2.00 bits per heavy atom. The zero-order valence-corrected chi connectivity index (χ0v) is 8.92. The fourth-order valence-electron chi connectivity index (χ4n) is 1.23. The summed E-state index contributed by atoms with van der Waals surface area (Å²) < 4.78 is 64.2. The number of pyridine rings is 1. The minimum Gasteiger partial charge on any atom is -0.481 e. The molecule has 106 valence electrons. The van der Waals surface area contributed by atoms with E-state index in [-0.39, 0.29) is 0 Å². The van der Waals surface area contributed by atoms with Crippen LogP contribution in [0.4, 0.5) is 22.0 Å². The summed E-state index contributed by atoms with van der Waals surface area (Å²) in [6, 6.07) is 0. The summed E-state index contributed by atoms with van der Waals surface area (Å²) in [5.41, 5.74) is -3.70. The average Bonchev–Trinajstić information content (AvgIpc) is 2.20. The zero-order valence-electron chi connectivity index (χ0n) is 8.92. The number of carboxylic acid groups (broad SMARTS) is 1. The van der Waals surface area contributed by atoms with Gasteiger partial charge in [0.1, 0.15) is 0 Å². The number of aromatic nitrogens is 1. The summed E-state index contributed by atoms with van der Waals surface area (Å²) in [5, 5.41) is 8.45. The second-order valence-corrected chi connectivity index (χ2v) is 3.30. The molecule has 0 unspecified atom stereocenters. The molecule has 0 amide bonds. The van der Waals surface area contributed by atoms with Gasteiger partial charge in [0, 0.05) is 6.20 Å². The Kier molecular flexibility index (Phi) is 4.12. The predicted octanol–water partition coefficient (Wildman–Crippen LogP) is 1.84. The van der Waals surface area contributed by atoms with Crippen molar-refractivity contribution in [1.82, 2.24) is 4.98 Å². The van der Waals surface area contributed by atoms with Crippen LogP contribution in [0, 0.1) is 0 Å². The molecule has 1 heterocycles. The first-order valence-corrected chi connectivity index (χ1v) is 4.62. The molecule has 1 rings (SSSR count). The minimum absolute atomic E-state index is 0.453. The van der Waals surface area contributed by atoms with E-state index in [1.165, 1.54) is 0 Å². The number of H-pyrrole nitrogens is 1. The van der Waals surface area contributed by atoms with Crippen LogP contribution in [-0.4, -0.2) is 22.4 Å². The Balaban J connectivity index is 3.37. The molecular formula is C9H6F5NO4. The van der Waals surface area contributed by atoms with Gasteiger partial charge in [-0.1, -0.05) is 0 Å². The molecule has 0 aliphatic heterocycles. The number of alkyl halides is 5. The molecule has 2 N–H and O–H groups in total. The van der Waals surface area contributed by atoms with E-state index < -0.39 is 47.6 Å². The largest absolute Gasteiger partial charge is 0.573 e. The van der Waals surface area contributed by atoms with Crippen molar-refractivity contribution in [2.24, 2.45) is 0 Å². The van der Waals surface area contributed by atoms with Crippen LogP contribution in [0.2, 0.25) is 0 Å². The SMILES string of the molecule is O=C(O)Cc1[nH]cc(C(F)F)c(=O)c1OC(F)(F)F. The lowest BCUT2D eigenvalue weighted by Gasteiger charge is -2.12. The molecule has 0 spiro atoms. The highest BCUT2D eigenvalue weighted by Gasteiger charge is 2.35. The molecule has 0 bridgehead atoms. The number of aliphatic carboxylic acids is 1. The standard InChI is InChI=1S/C9H6F5NO4/c10-8(11)3-2-15-4(1-5(16)17)7(6(3)18)19-9(12,13)14/h2,8H,1H2,(H,15,18)(H,16,17). The van der Waals surface area contributed by atoms with Gasteiger partial charge in [0.15, 0.2) is 5.75 Å². The van der Waals surface area contributed by atoms with Gasteiger partial charge >= 0.3 is 12.3 Å². The van der Waals surface area contributed by atoms with E-state index in [1.54, 1.807) is 0 Å². The maximum Gasteiger partial charge on any atom is 0.573 e. The average molecular weight is 287 g/mol. The maximum atomic E-state index is 12.4. The molecule has 0 aliphatic rings. The number of nitrogens with one attached hydrogen (secondary N) is 1. The van der Waals surface area contributed by atoms with Crippen molar-refractivity contribution >= 4 is 5.97 Å². The number of aromatic amines is 1. The van der Waals surface area contributed by atoms with E-state index in [0.717, 1.165) is 0 Å². The first-order valence-electron chi connectivity index (χ1n) is 4.62. The molecule has 10 heteroatoms. The van der Waals surface area contributed by atoms with E-state index in [4.69, 9.17) is 5.11 Å². The second kappa shape index (κ2) is 5.24. The summed E-state index contributed by atoms with van der Waals surface area (Å²) in [5.74, 6) is -3.06. The summed E-state index contributed by atoms with van der Waals surface area (Å²) in [7, 11) is 0. The number of halogens is 5. The number of ether oxygens (including phenoxy) is 1. The lowest BCUT2D eigenvalue weighted by Crippen LogP contribution is -2.26. The van der Waals surface area contributed by atoms with Gasteiger partial charge in [0.25, 0.3) is 6.43 Å². The first kappa shape index (κ1) is 14.9. The fourth-order valence-corrected chi connectivity index (χ4v) is 1.23. The van der Waals surface area contributed by atoms with Crippen LogP contribution in [0.5, 0.6) is 5.75 Å². The third-order valence-corrected chi connectivity index (χ3v) is 1.93. The Bertz CT molecular complexity index is 536. The predicted molar refractivity (Wildman–Crippen MR) is 50.0 cm³/mol. The van der Waals surface area contributed by atoms with Gasteiger partial charge in [-0.05, 0) is 0 Å². The highest BCUT2D eigenvalue weighted by atomic mass is 19.4. The Morgan fingerprint density at radius 3 is 2.42 bits per heavy atom. The highest BCUT2D eigenvalue weighted by Crippen LogP contribution is 2.25. The molecule has 5 nitrogen and oxygen atoms in total. The van der Waals surface area contributed by atoms with Gasteiger partial charge in [-0.15, -0.1) is 13.2 Å². The molecule has 0 aliphatic carbocycles. The third-order valence-electron chi connectivity index (χ3n) is 1.93. The molecule has 0 aromatic carbocycles. The molecule has 0 radical (unpaired) electrons. The lowest BCUT2D eigenvalue weighted by atomic mass is 10.2. The van der Waals surface area contributed by atoms with Crippen LogP contribution in [0.3, 0.4) is 0 Å². The van der Waals surface area contributed by atoms with Crippen molar-refractivity contribution in [2.75, 3.05) is 0 Å². The van der Waals surface area contributed by atoms with E-state index in [9.17, 15) is 31.5 Å². The summed E-state index contributed by atoms with van der Waals surface area (Å²) >= 11 is 0. The molecule has 0 fully saturated rings. The van der Waals surface area contributed by atoms with Crippen molar-refractivity contribution in [3.8, 4) is 5.75 Å². The normalized spacial score (nSPS) is 11.7. The van der Waals surface area contributed by atoms with Gasteiger partial charge in [-0.3, -0.25) is 9.59 Å². The van der Waals surface area contributed by atoms with Crippen molar-refractivity contribution in [3.63, 3.8) is 0 Å². The lowest BCUT2D eigenvalue weighted by molar-refractivity contribution is -0.275. The number of carboxylic acids is 1. The van der Waals surface area contributed by atoms with Crippen LogP contribution in [-0.2, 0) is 11.2 Å². The monoisotopic (exact) mass is 287 g/mol. The van der Waals surface area contributed by atoms with E-state index in [1.807, 2.05) is 4.98 Å². The van der Waals surface area contributed by atoms with Crippen molar-refractivity contribution in [3.05, 3.63) is 27.7 Å². The van der Waals surface area contributed by atoms with Crippen LogP contribution in [0.1, 0.15) is 17.7 Å². The van der Waals surface area contributed by atoms with Crippen LogP contribution in [0.25, 0.3) is 0 Å². The zero-order chi connectivity index (χ0) is 14.8. The fraction of sp³-hybridized carbons (Fsp3) is 0.333. The van der Waals surface area contributed by atoms with Gasteiger partial charge in [0.2, 0.25) is 5.43 Å². The first-order chi connectivity index (χ1) is 8.61. The second-order valence-electron chi connectivity index (χ2n) is 3.30. The number of rotatable bonds is 4. The molecule has 1 aromatic heterocycles. The van der Waals surface area contributed by atoms with E-state index in [2.05, 4.69) is 4.74 Å². The maximum absolute atomic E-state index is 12.4. The smallest absolute Gasteiger partial charge is 0.481 e. The minimum atomic E-state index is -5.30. The highest BCUT2D eigenvalue weighted by molar-refractivity contribution is 5.70. The quantitative estimate of drug-likeness (QED) is 0.828. The van der Waals surface area contributed by atoms with Gasteiger partial charge < -0.3 is 14.8 Å². The summed E-state index contributed by atoms with van der Waals surface area (Å²) in [4.78, 5) is 23.7. The van der Waals surface area contributed by atoms with Crippen LogP contribution < -0.4 is 10.2 Å². The third kappa shape index (κ3) is 3.93. The van der Waals surface area contributed by atoms with Crippen LogP contribution in [0.15, 0.2) is 11.0 Å². The van der Waals surface area contributed by atoms with Crippen molar-refractivity contribution < 1.29 is 36.6 Å². The molecule has 1 aromatic rings. The number of carbonyl (C=O) groups is 1. The van der Waals surface area contributed by atoms with Gasteiger partial charge in [-0.25, -0.2) is 8.78 Å². The molecule has 0 saturated carbocycles. The Morgan fingerprint density at radius 1 is 1.42 bits per heavy atom. The van der Waals surface area contributed by atoms with Gasteiger partial charge in [-0.2, -0.15) is 0 Å². The van der Waals surface area contributed by atoms with Crippen molar-refractivity contribution in [2.45, 2.75) is 19.2 Å². The van der Waals surface area contributed by atoms with E-state index in [0.29, 0.717) is 6.20 Å². The van der Waals surface area contributed by atoms with Crippen molar-refractivity contribution in [1.29, 1.82) is 0 Å². The van der Waals surface area contributed by atoms with E-state index >= 15 is 0 Å². The molecular weight excluding hydrogens is 281 g/mol. The summed E-state index contributed by atoms with van der Waals surface area (Å²) in [6.45, 7) is 0. The van der Waals surface area contributed by atoms with Crippen LogP contribution >= 0.6 is 0 Å². The summed E-state index contributed by atoms with van der Waals surface area (Å²) in [6.07, 6.45) is -9.18. The Hall–Kier alpha value is -2.13. The van der Waals surface area contributed by atoms with Gasteiger partial charge in [0.05, 0.1) is 17.7 Å². The molecule has 0 atom stereocenters. The number of hydrogen-bond acceptors (Lipinski definition) is 3. The molecule has 0 saturated heterocycles. The topological polar surface area (TPSA) is 79.4 Å². The molecule has 19 heavy (non-hydrogen) atoms. The number of hydrogen-bond donors (Lipinski definition) is 2.